The van der Waals surface area contributed by atoms with E-state index >= 15 is 0 Å². The molecule has 0 aliphatic carbocycles. The van der Waals surface area contributed by atoms with Crippen molar-refractivity contribution in [3.63, 3.8) is 0 Å². The normalized spacial score (nSPS) is 10.5. The van der Waals surface area contributed by atoms with Crippen LogP contribution in [0.25, 0.3) is 0 Å². The molecule has 0 aliphatic heterocycles. The van der Waals surface area contributed by atoms with Crippen molar-refractivity contribution in [2.24, 2.45) is 0 Å². The summed E-state index contributed by atoms with van der Waals surface area (Å²) >= 11 is 7.07. The van der Waals surface area contributed by atoms with E-state index in [9.17, 15) is 13.6 Å². The van der Waals surface area contributed by atoms with Crippen LogP contribution >= 0.6 is 23.4 Å². The van der Waals surface area contributed by atoms with Crippen molar-refractivity contribution >= 4 is 29.3 Å². The van der Waals surface area contributed by atoms with Crippen LogP contribution in [0.4, 0.5) is 8.78 Å². The Labute approximate surface area is 117 Å². The molecule has 0 atom stereocenters. The van der Waals surface area contributed by atoms with Gasteiger partial charge in [0.15, 0.2) is 11.6 Å². The number of hydrogen-bond acceptors (Lipinski definition) is 2. The Kier molecular flexibility index (Phi) is 4.07. The van der Waals surface area contributed by atoms with E-state index < -0.39 is 17.6 Å². The van der Waals surface area contributed by atoms with Gasteiger partial charge >= 0.3 is 5.97 Å². The molecule has 2 rings (SSSR count). The molecular weight excluding hydrogens is 294 g/mol. The predicted molar refractivity (Wildman–Crippen MR) is 68.9 cm³/mol. The summed E-state index contributed by atoms with van der Waals surface area (Å²) in [5, 5.41) is 9.05. The molecule has 2 nitrogen and oxygen atoms in total. The zero-order valence-electron chi connectivity index (χ0n) is 9.36. The largest absolute Gasteiger partial charge is 0.478 e. The van der Waals surface area contributed by atoms with Crippen LogP contribution in [0.1, 0.15) is 10.4 Å². The van der Waals surface area contributed by atoms with Crippen molar-refractivity contribution in [3.05, 3.63) is 58.6 Å². The number of carboxylic acids is 1. The Morgan fingerprint density at radius 3 is 2.42 bits per heavy atom. The molecule has 0 radical (unpaired) electrons. The van der Waals surface area contributed by atoms with Gasteiger partial charge in [-0.3, -0.25) is 0 Å². The fourth-order valence-electron chi connectivity index (χ4n) is 1.38. The molecule has 0 amide bonds. The van der Waals surface area contributed by atoms with Crippen molar-refractivity contribution in [2.45, 2.75) is 9.79 Å². The van der Waals surface area contributed by atoms with Crippen molar-refractivity contribution < 1.29 is 18.7 Å². The zero-order valence-corrected chi connectivity index (χ0v) is 10.9. The molecule has 6 heteroatoms. The second kappa shape index (κ2) is 5.59. The average Bonchev–Trinajstić information content (AvgIpc) is 2.36. The van der Waals surface area contributed by atoms with Crippen molar-refractivity contribution in [1.29, 1.82) is 0 Å². The van der Waals surface area contributed by atoms with Crippen molar-refractivity contribution in [3.8, 4) is 0 Å². The lowest BCUT2D eigenvalue weighted by molar-refractivity contribution is 0.0697. The van der Waals surface area contributed by atoms with Crippen LogP contribution in [0.3, 0.4) is 0 Å². The number of rotatable bonds is 3. The highest BCUT2D eigenvalue weighted by atomic mass is 35.5. The molecule has 2 aromatic rings. The van der Waals surface area contributed by atoms with Crippen LogP contribution in [0.15, 0.2) is 46.2 Å². The monoisotopic (exact) mass is 300 g/mol. The molecule has 0 heterocycles. The van der Waals surface area contributed by atoms with E-state index in [-0.39, 0.29) is 10.6 Å². The van der Waals surface area contributed by atoms with Crippen molar-refractivity contribution in [2.75, 3.05) is 0 Å². The van der Waals surface area contributed by atoms with E-state index in [1.165, 1.54) is 24.3 Å². The minimum Gasteiger partial charge on any atom is -0.478 e. The maximum atomic E-state index is 13.1. The highest BCUT2D eigenvalue weighted by Gasteiger charge is 2.09. The SMILES string of the molecule is O=C(O)c1ccc(Sc2ccc(F)c(F)c2)c(Cl)c1. The molecule has 98 valence electrons. The lowest BCUT2D eigenvalue weighted by Gasteiger charge is -2.05. The zero-order chi connectivity index (χ0) is 14.0. The maximum absolute atomic E-state index is 13.1. The van der Waals surface area contributed by atoms with Crippen LogP contribution in [-0.4, -0.2) is 11.1 Å². The fourth-order valence-corrected chi connectivity index (χ4v) is 2.53. The Hall–Kier alpha value is -1.59. The molecule has 0 unspecified atom stereocenters. The first-order valence-electron chi connectivity index (χ1n) is 5.13. The summed E-state index contributed by atoms with van der Waals surface area (Å²) in [5.74, 6) is -2.94. The van der Waals surface area contributed by atoms with E-state index in [1.54, 1.807) is 0 Å². The second-order valence-corrected chi connectivity index (χ2v) is 5.15. The molecule has 0 aliphatic rings. The van der Waals surface area contributed by atoms with E-state index in [1.807, 2.05) is 0 Å². The summed E-state index contributed by atoms with van der Waals surface area (Å²) in [6, 6.07) is 7.74. The first kappa shape index (κ1) is 13.8. The Balaban J connectivity index is 2.28. The quantitative estimate of drug-likeness (QED) is 0.909. The fraction of sp³-hybridized carbons (Fsp3) is 0. The molecule has 19 heavy (non-hydrogen) atoms. The number of carboxylic acid groups (broad SMARTS) is 1. The lowest BCUT2D eigenvalue weighted by Crippen LogP contribution is -1.95. The third-order valence-corrected chi connectivity index (χ3v) is 3.79. The molecule has 0 saturated heterocycles. The van der Waals surface area contributed by atoms with Gasteiger partial charge in [0.25, 0.3) is 0 Å². The minimum atomic E-state index is -1.08. The third kappa shape index (κ3) is 3.24. The lowest BCUT2D eigenvalue weighted by atomic mass is 10.2. The van der Waals surface area contributed by atoms with E-state index in [4.69, 9.17) is 16.7 Å². The predicted octanol–water partition coefficient (Wildman–Crippen LogP) is 4.47. The van der Waals surface area contributed by atoms with Gasteiger partial charge in [0.2, 0.25) is 0 Å². The summed E-state index contributed by atoms with van der Waals surface area (Å²) in [7, 11) is 0. The minimum absolute atomic E-state index is 0.0691. The molecule has 0 fully saturated rings. The van der Waals surface area contributed by atoms with Crippen LogP contribution in [0, 0.1) is 11.6 Å². The Morgan fingerprint density at radius 1 is 1.11 bits per heavy atom. The van der Waals surface area contributed by atoms with Crippen LogP contribution in [-0.2, 0) is 0 Å². The smallest absolute Gasteiger partial charge is 0.335 e. The van der Waals surface area contributed by atoms with Gasteiger partial charge in [-0.1, -0.05) is 23.4 Å². The molecule has 0 spiro atoms. The van der Waals surface area contributed by atoms with Crippen LogP contribution in [0.5, 0.6) is 0 Å². The first-order valence-corrected chi connectivity index (χ1v) is 6.32. The highest BCUT2D eigenvalue weighted by Crippen LogP contribution is 2.34. The number of aromatic carboxylic acids is 1. The number of benzene rings is 2. The van der Waals surface area contributed by atoms with Gasteiger partial charge in [-0.25, -0.2) is 13.6 Å². The molecule has 0 bridgehead atoms. The first-order chi connectivity index (χ1) is 8.97. The molecule has 0 saturated carbocycles. The van der Waals surface area contributed by atoms with Gasteiger partial charge in [0.05, 0.1) is 10.6 Å². The molecule has 0 aromatic heterocycles. The Bertz CT molecular complexity index is 647. The summed E-state index contributed by atoms with van der Waals surface area (Å²) in [6.45, 7) is 0. The second-order valence-electron chi connectivity index (χ2n) is 3.63. The summed E-state index contributed by atoms with van der Waals surface area (Å²) in [5.41, 5.74) is 0.0691. The maximum Gasteiger partial charge on any atom is 0.335 e. The Morgan fingerprint density at radius 2 is 1.84 bits per heavy atom. The summed E-state index contributed by atoms with van der Waals surface area (Å²) in [4.78, 5) is 11.8. The molecule has 2 aromatic carbocycles. The summed E-state index contributed by atoms with van der Waals surface area (Å²) in [6.07, 6.45) is 0. The number of carbonyl (C=O) groups is 1. The van der Waals surface area contributed by atoms with Gasteiger partial charge in [-0.05, 0) is 36.4 Å². The topological polar surface area (TPSA) is 37.3 Å². The van der Waals surface area contributed by atoms with Gasteiger partial charge < -0.3 is 5.11 Å². The highest BCUT2D eigenvalue weighted by molar-refractivity contribution is 7.99. The summed E-state index contributed by atoms with van der Waals surface area (Å²) < 4.78 is 25.8. The van der Waals surface area contributed by atoms with E-state index in [0.29, 0.717) is 9.79 Å². The van der Waals surface area contributed by atoms with Crippen LogP contribution < -0.4 is 0 Å². The molecule has 1 N–H and O–H groups in total. The molecular formula is C13H7ClF2O2S. The standard InChI is InChI=1S/C13H7ClF2O2S/c14-9-5-7(13(17)18)1-4-12(9)19-8-2-3-10(15)11(16)6-8/h1-6H,(H,17,18). The number of hydrogen-bond donors (Lipinski definition) is 1. The van der Waals surface area contributed by atoms with E-state index in [0.717, 1.165) is 23.9 Å². The van der Waals surface area contributed by atoms with Gasteiger partial charge in [-0.2, -0.15) is 0 Å². The average molecular weight is 301 g/mol. The van der Waals surface area contributed by atoms with Gasteiger partial charge in [0, 0.05) is 9.79 Å². The number of halogens is 3. The van der Waals surface area contributed by atoms with Crippen molar-refractivity contribution in [1.82, 2.24) is 0 Å². The van der Waals surface area contributed by atoms with Gasteiger partial charge in [0.1, 0.15) is 0 Å². The third-order valence-electron chi connectivity index (χ3n) is 2.30. The van der Waals surface area contributed by atoms with E-state index in [2.05, 4.69) is 0 Å². The van der Waals surface area contributed by atoms with Gasteiger partial charge in [-0.15, -0.1) is 0 Å². The van der Waals surface area contributed by atoms with Crippen LogP contribution in [0.2, 0.25) is 5.02 Å².